The molecule has 0 bridgehead atoms. The highest BCUT2D eigenvalue weighted by Crippen LogP contribution is 2.20. The van der Waals surface area contributed by atoms with E-state index in [1.54, 1.807) is 12.0 Å². The maximum absolute atomic E-state index is 13.8. The number of aryl methyl sites for hydroxylation is 1. The number of nitrogens with zero attached hydrogens (tertiary/aromatic N) is 3. The second-order valence-electron chi connectivity index (χ2n) is 10.3. The SMILES string of the molecule is COCCN(CC(=O)N(CCc1c[nH]c2ccccc12)Cc1ccc(N(C)C)cc1)C(=O)CCc1ccccc1. The number of nitrogens with one attached hydrogen (secondary N) is 1. The Bertz CT molecular complexity index is 1370. The van der Waals surface area contributed by atoms with Crippen molar-refractivity contribution in [3.8, 4) is 0 Å². The number of benzene rings is 3. The number of rotatable bonds is 14. The van der Waals surface area contributed by atoms with Gasteiger partial charge >= 0.3 is 0 Å². The van der Waals surface area contributed by atoms with E-state index in [1.165, 1.54) is 10.9 Å². The van der Waals surface area contributed by atoms with Crippen LogP contribution in [-0.2, 0) is 33.7 Å². The molecule has 0 saturated heterocycles. The third kappa shape index (κ3) is 7.96. The Morgan fingerprint density at radius 2 is 1.50 bits per heavy atom. The van der Waals surface area contributed by atoms with E-state index in [2.05, 4.69) is 46.3 Å². The molecule has 40 heavy (non-hydrogen) atoms. The van der Waals surface area contributed by atoms with Crippen LogP contribution in [0.3, 0.4) is 0 Å². The topological polar surface area (TPSA) is 68.9 Å². The number of H-pyrrole nitrogens is 1. The average molecular weight is 541 g/mol. The fourth-order valence-electron chi connectivity index (χ4n) is 4.82. The zero-order valence-electron chi connectivity index (χ0n) is 23.8. The van der Waals surface area contributed by atoms with Gasteiger partial charge in [-0.2, -0.15) is 0 Å². The largest absolute Gasteiger partial charge is 0.383 e. The normalized spacial score (nSPS) is 11.0. The van der Waals surface area contributed by atoms with E-state index < -0.39 is 0 Å². The lowest BCUT2D eigenvalue weighted by atomic mass is 10.1. The smallest absolute Gasteiger partial charge is 0.242 e. The van der Waals surface area contributed by atoms with E-state index in [1.807, 2.05) is 67.7 Å². The van der Waals surface area contributed by atoms with Gasteiger partial charge in [-0.3, -0.25) is 9.59 Å². The average Bonchev–Trinajstić information content (AvgIpc) is 3.39. The Hall–Kier alpha value is -4.10. The van der Waals surface area contributed by atoms with Crippen LogP contribution in [0.1, 0.15) is 23.1 Å². The molecule has 4 aromatic rings. The van der Waals surface area contributed by atoms with E-state index in [9.17, 15) is 9.59 Å². The maximum Gasteiger partial charge on any atom is 0.242 e. The van der Waals surface area contributed by atoms with Gasteiger partial charge in [0.15, 0.2) is 0 Å². The lowest BCUT2D eigenvalue weighted by Gasteiger charge is -2.28. The van der Waals surface area contributed by atoms with Crippen LogP contribution in [0.15, 0.2) is 85.1 Å². The lowest BCUT2D eigenvalue weighted by Crippen LogP contribution is -2.44. The van der Waals surface area contributed by atoms with Crippen molar-refractivity contribution in [1.29, 1.82) is 0 Å². The van der Waals surface area contributed by atoms with E-state index in [0.29, 0.717) is 45.5 Å². The molecule has 0 unspecified atom stereocenters. The number of amides is 2. The van der Waals surface area contributed by atoms with Gasteiger partial charge in [0.25, 0.3) is 0 Å². The molecule has 3 aromatic carbocycles. The molecule has 210 valence electrons. The van der Waals surface area contributed by atoms with Crippen molar-refractivity contribution >= 4 is 28.4 Å². The van der Waals surface area contributed by atoms with Crippen molar-refractivity contribution in [3.05, 3.63) is 102 Å². The van der Waals surface area contributed by atoms with Crippen LogP contribution >= 0.6 is 0 Å². The Morgan fingerprint density at radius 1 is 0.775 bits per heavy atom. The highest BCUT2D eigenvalue weighted by Gasteiger charge is 2.22. The molecular formula is C33H40N4O3. The third-order valence-corrected chi connectivity index (χ3v) is 7.22. The van der Waals surface area contributed by atoms with Crippen molar-refractivity contribution in [1.82, 2.24) is 14.8 Å². The Balaban J connectivity index is 1.48. The number of aromatic amines is 1. The molecule has 0 aliphatic carbocycles. The van der Waals surface area contributed by atoms with Crippen molar-refractivity contribution in [2.75, 3.05) is 52.3 Å². The van der Waals surface area contributed by atoms with Gasteiger partial charge in [0, 0.05) is 70.0 Å². The quantitative estimate of drug-likeness (QED) is 0.247. The second kappa shape index (κ2) is 14.3. The Kier molecular flexibility index (Phi) is 10.4. The molecule has 7 heteroatoms. The predicted molar refractivity (Wildman–Crippen MR) is 161 cm³/mol. The van der Waals surface area contributed by atoms with Crippen LogP contribution in [0.5, 0.6) is 0 Å². The summed E-state index contributed by atoms with van der Waals surface area (Å²) in [4.78, 5) is 35.9. The zero-order chi connectivity index (χ0) is 28.3. The van der Waals surface area contributed by atoms with Crippen molar-refractivity contribution in [2.45, 2.75) is 25.8 Å². The summed E-state index contributed by atoms with van der Waals surface area (Å²) in [6.45, 7) is 1.81. The van der Waals surface area contributed by atoms with Crippen LogP contribution in [0.25, 0.3) is 10.9 Å². The minimum Gasteiger partial charge on any atom is -0.383 e. The van der Waals surface area contributed by atoms with Gasteiger partial charge in [0.05, 0.1) is 13.2 Å². The zero-order valence-corrected chi connectivity index (χ0v) is 23.8. The summed E-state index contributed by atoms with van der Waals surface area (Å²) in [7, 11) is 5.63. The Labute approximate surface area is 237 Å². The van der Waals surface area contributed by atoms with Crippen molar-refractivity contribution in [3.63, 3.8) is 0 Å². The van der Waals surface area contributed by atoms with Gasteiger partial charge in [-0.05, 0) is 47.7 Å². The number of hydrogen-bond donors (Lipinski definition) is 1. The summed E-state index contributed by atoms with van der Waals surface area (Å²) < 4.78 is 5.26. The molecule has 0 aliphatic rings. The molecule has 2 amide bonds. The summed E-state index contributed by atoms with van der Waals surface area (Å²) in [6, 6.07) is 26.4. The van der Waals surface area contributed by atoms with Crippen molar-refractivity contribution in [2.24, 2.45) is 0 Å². The minimum absolute atomic E-state index is 0.0284. The molecule has 0 saturated carbocycles. The number of para-hydroxylation sites is 1. The molecule has 1 heterocycles. The number of aromatic nitrogens is 1. The first kappa shape index (κ1) is 28.9. The van der Waals surface area contributed by atoms with Crippen LogP contribution < -0.4 is 4.90 Å². The first-order valence-corrected chi connectivity index (χ1v) is 13.8. The molecule has 1 aromatic heterocycles. The van der Waals surface area contributed by atoms with Gasteiger partial charge in [-0.25, -0.2) is 0 Å². The molecule has 0 aliphatic heterocycles. The standard InChI is InChI=1S/C33H40N4O3/c1-35(2)29-16-13-27(14-17-29)24-36(20-19-28-23-34-31-12-8-7-11-30(28)31)33(39)25-37(21-22-40-3)32(38)18-15-26-9-5-4-6-10-26/h4-14,16-17,23,34H,15,18-22,24-25H2,1-3H3. The summed E-state index contributed by atoms with van der Waals surface area (Å²) in [5.41, 5.74) is 5.53. The van der Waals surface area contributed by atoms with Gasteiger partial charge in [-0.1, -0.05) is 60.7 Å². The van der Waals surface area contributed by atoms with E-state index >= 15 is 0 Å². The highest BCUT2D eigenvalue weighted by atomic mass is 16.5. The van der Waals surface area contributed by atoms with Crippen molar-refractivity contribution < 1.29 is 14.3 Å². The summed E-state index contributed by atoms with van der Waals surface area (Å²) in [5, 5.41) is 1.17. The first-order valence-electron chi connectivity index (χ1n) is 13.8. The molecular weight excluding hydrogens is 500 g/mol. The molecule has 7 nitrogen and oxygen atoms in total. The van der Waals surface area contributed by atoms with E-state index in [4.69, 9.17) is 4.74 Å². The summed E-state index contributed by atoms with van der Waals surface area (Å²) in [6.07, 6.45) is 3.73. The van der Waals surface area contributed by atoms with Gasteiger partial charge in [0.2, 0.25) is 11.8 Å². The molecule has 0 fully saturated rings. The fourth-order valence-corrected chi connectivity index (χ4v) is 4.82. The number of hydrogen-bond acceptors (Lipinski definition) is 4. The van der Waals surface area contributed by atoms with Crippen LogP contribution in [0.4, 0.5) is 5.69 Å². The van der Waals surface area contributed by atoms with Gasteiger partial charge < -0.3 is 24.4 Å². The first-order chi connectivity index (χ1) is 19.4. The summed E-state index contributed by atoms with van der Waals surface area (Å²) in [5.74, 6) is -0.109. The van der Waals surface area contributed by atoms with E-state index in [0.717, 1.165) is 22.3 Å². The predicted octanol–water partition coefficient (Wildman–Crippen LogP) is 4.91. The van der Waals surface area contributed by atoms with Crippen LogP contribution in [-0.4, -0.2) is 74.0 Å². The maximum atomic E-state index is 13.8. The molecule has 4 rings (SSSR count). The molecule has 0 radical (unpaired) electrons. The third-order valence-electron chi connectivity index (χ3n) is 7.22. The lowest BCUT2D eigenvalue weighted by molar-refractivity contribution is -0.141. The fraction of sp³-hybridized carbons (Fsp3) is 0.333. The molecule has 1 N–H and O–H groups in total. The summed E-state index contributed by atoms with van der Waals surface area (Å²) >= 11 is 0. The number of anilines is 1. The minimum atomic E-state index is -0.0688. The number of ether oxygens (including phenoxy) is 1. The van der Waals surface area contributed by atoms with E-state index in [-0.39, 0.29) is 18.4 Å². The monoisotopic (exact) mass is 540 g/mol. The molecule has 0 spiro atoms. The highest BCUT2D eigenvalue weighted by molar-refractivity contribution is 5.85. The van der Waals surface area contributed by atoms with Gasteiger partial charge in [-0.15, -0.1) is 0 Å². The number of carbonyl (C=O) groups excluding carboxylic acids is 2. The van der Waals surface area contributed by atoms with Crippen LogP contribution in [0, 0.1) is 0 Å². The number of carbonyl (C=O) groups is 2. The Morgan fingerprint density at radius 3 is 2.23 bits per heavy atom. The van der Waals surface area contributed by atoms with Gasteiger partial charge in [0.1, 0.15) is 0 Å². The van der Waals surface area contributed by atoms with Crippen LogP contribution in [0.2, 0.25) is 0 Å². The second-order valence-corrected chi connectivity index (χ2v) is 10.3. The molecule has 0 atom stereocenters. The number of fused-ring (bicyclic) bond motifs is 1. The number of methoxy groups -OCH3 is 1.